The van der Waals surface area contributed by atoms with E-state index in [0.717, 1.165) is 37.8 Å². The van der Waals surface area contributed by atoms with Crippen LogP contribution in [0.5, 0.6) is 0 Å². The minimum Gasteiger partial charge on any atom is -0.456 e. The van der Waals surface area contributed by atoms with Gasteiger partial charge in [-0.1, -0.05) is 43.2 Å². The summed E-state index contributed by atoms with van der Waals surface area (Å²) in [4.78, 5) is 36.8. The molecule has 31 heavy (non-hydrogen) atoms. The van der Waals surface area contributed by atoms with Gasteiger partial charge in [-0.05, 0) is 24.3 Å². The molecule has 7 heteroatoms. The normalized spacial score (nSPS) is 24.6. The van der Waals surface area contributed by atoms with Gasteiger partial charge < -0.3 is 18.7 Å². The molecule has 0 radical (unpaired) electrons. The van der Waals surface area contributed by atoms with Crippen molar-refractivity contribution in [1.82, 2.24) is 0 Å². The molecule has 1 aromatic rings. The SMILES string of the molecule is COCC(=O)COC(=O)C[N+]1(C)CC[C@@H](OC(=O)[C@H](c2ccccc2)C2CCCC2)C1. The van der Waals surface area contributed by atoms with Crippen LogP contribution in [0.15, 0.2) is 30.3 Å². The summed E-state index contributed by atoms with van der Waals surface area (Å²) in [6, 6.07) is 9.93. The molecule has 0 N–H and O–H groups in total. The minimum atomic E-state index is -0.424. The lowest BCUT2D eigenvalue weighted by atomic mass is 9.85. The number of quaternary nitrogens is 1. The number of likely N-dealkylation sites (N-methyl/N-ethyl adjacent to an activating group) is 1. The fourth-order valence-corrected chi connectivity index (χ4v) is 4.88. The van der Waals surface area contributed by atoms with Gasteiger partial charge >= 0.3 is 11.9 Å². The molecule has 2 fully saturated rings. The Balaban J connectivity index is 1.54. The number of esters is 2. The van der Waals surface area contributed by atoms with Crippen LogP contribution in [0.25, 0.3) is 0 Å². The van der Waals surface area contributed by atoms with Crippen molar-refractivity contribution in [2.75, 3.05) is 47.0 Å². The van der Waals surface area contributed by atoms with Crippen molar-refractivity contribution in [3.63, 3.8) is 0 Å². The lowest BCUT2D eigenvalue weighted by molar-refractivity contribution is -0.891. The van der Waals surface area contributed by atoms with Crippen LogP contribution in [0.1, 0.15) is 43.6 Å². The molecule has 2 aliphatic rings. The zero-order chi connectivity index (χ0) is 22.3. The molecule has 1 saturated carbocycles. The predicted octanol–water partition coefficient (Wildman–Crippen LogP) is 2.48. The Labute approximate surface area is 184 Å². The van der Waals surface area contributed by atoms with E-state index in [-0.39, 0.29) is 43.5 Å². The summed E-state index contributed by atoms with van der Waals surface area (Å²) >= 11 is 0. The molecule has 1 aliphatic heterocycles. The predicted molar refractivity (Wildman–Crippen MR) is 114 cm³/mol. The van der Waals surface area contributed by atoms with Crippen LogP contribution in [0, 0.1) is 5.92 Å². The fourth-order valence-electron chi connectivity index (χ4n) is 4.88. The number of ether oxygens (including phenoxy) is 3. The number of methoxy groups -OCH3 is 1. The monoisotopic (exact) mass is 432 g/mol. The van der Waals surface area contributed by atoms with Gasteiger partial charge in [0.25, 0.3) is 0 Å². The lowest BCUT2D eigenvalue weighted by Crippen LogP contribution is -2.47. The van der Waals surface area contributed by atoms with Crippen molar-refractivity contribution in [1.29, 1.82) is 0 Å². The van der Waals surface area contributed by atoms with Crippen LogP contribution in [0.4, 0.5) is 0 Å². The average molecular weight is 433 g/mol. The molecule has 1 aliphatic carbocycles. The number of benzene rings is 1. The molecule has 1 heterocycles. The zero-order valence-electron chi connectivity index (χ0n) is 18.6. The molecule has 1 saturated heterocycles. The first-order chi connectivity index (χ1) is 14.9. The maximum Gasteiger partial charge on any atom is 0.362 e. The van der Waals surface area contributed by atoms with Gasteiger partial charge in [0.2, 0.25) is 0 Å². The van der Waals surface area contributed by atoms with Crippen LogP contribution >= 0.6 is 0 Å². The van der Waals surface area contributed by atoms with Gasteiger partial charge in [-0.15, -0.1) is 0 Å². The molecule has 170 valence electrons. The molecule has 0 spiro atoms. The van der Waals surface area contributed by atoms with Crippen LogP contribution in [0.2, 0.25) is 0 Å². The van der Waals surface area contributed by atoms with E-state index in [9.17, 15) is 14.4 Å². The molecule has 0 amide bonds. The summed E-state index contributed by atoms with van der Waals surface area (Å²) in [6.45, 7) is 1.10. The number of Topliss-reactive ketones (excluding diaryl/α,β-unsaturated/α-hetero) is 1. The summed E-state index contributed by atoms with van der Waals surface area (Å²) < 4.78 is 16.2. The first-order valence-electron chi connectivity index (χ1n) is 11.2. The molecule has 3 atom stereocenters. The number of rotatable bonds is 10. The smallest absolute Gasteiger partial charge is 0.362 e. The maximum absolute atomic E-state index is 13.2. The molecular formula is C24H34NO6+. The highest BCUT2D eigenvalue weighted by atomic mass is 16.5. The van der Waals surface area contributed by atoms with Crippen molar-refractivity contribution >= 4 is 17.7 Å². The molecular weight excluding hydrogens is 398 g/mol. The standard InChI is InChI=1S/C24H34NO6/c1-25(15-22(27)30-17-20(26)16-29-2)13-12-21(14-25)31-24(28)23(19-10-6-7-11-19)18-8-4-3-5-9-18/h3-5,8-9,19,21,23H,6-7,10-17H2,1-2H3/q+1/t21-,23-,25?/m1/s1. The van der Waals surface area contributed by atoms with Gasteiger partial charge in [-0.25, -0.2) is 4.79 Å². The number of ketones is 1. The van der Waals surface area contributed by atoms with Gasteiger partial charge in [-0.2, -0.15) is 0 Å². The lowest BCUT2D eigenvalue weighted by Gasteiger charge is -2.28. The Morgan fingerprint density at radius 1 is 1.06 bits per heavy atom. The minimum absolute atomic E-state index is 0.0684. The third-order valence-corrected chi connectivity index (χ3v) is 6.41. The van der Waals surface area contributed by atoms with Gasteiger partial charge in [0.15, 0.2) is 25.0 Å². The van der Waals surface area contributed by atoms with Crippen molar-refractivity contribution in [2.45, 2.75) is 44.1 Å². The number of likely N-dealkylation sites (tertiary alicyclic amines) is 1. The Morgan fingerprint density at radius 3 is 2.45 bits per heavy atom. The van der Waals surface area contributed by atoms with Gasteiger partial charge in [-0.3, -0.25) is 9.59 Å². The topological polar surface area (TPSA) is 78.9 Å². The van der Waals surface area contributed by atoms with E-state index in [1.807, 2.05) is 37.4 Å². The Hall–Kier alpha value is -2.25. The molecule has 0 bridgehead atoms. The van der Waals surface area contributed by atoms with E-state index < -0.39 is 5.97 Å². The Bertz CT molecular complexity index is 761. The molecule has 1 aromatic carbocycles. The van der Waals surface area contributed by atoms with E-state index in [0.29, 0.717) is 23.4 Å². The molecule has 3 rings (SSSR count). The number of carbonyl (C=O) groups is 3. The van der Waals surface area contributed by atoms with Crippen LogP contribution < -0.4 is 0 Å². The van der Waals surface area contributed by atoms with E-state index in [4.69, 9.17) is 14.2 Å². The van der Waals surface area contributed by atoms with Crippen molar-refractivity contribution in [2.24, 2.45) is 5.92 Å². The number of hydrogen-bond donors (Lipinski definition) is 0. The summed E-state index contributed by atoms with van der Waals surface area (Å²) in [7, 11) is 3.38. The molecule has 1 unspecified atom stereocenters. The maximum atomic E-state index is 13.2. The zero-order valence-corrected chi connectivity index (χ0v) is 18.6. The summed E-state index contributed by atoms with van der Waals surface area (Å²) in [5, 5.41) is 0. The Morgan fingerprint density at radius 2 is 1.77 bits per heavy atom. The second-order valence-corrected chi connectivity index (χ2v) is 9.10. The number of nitrogens with zero attached hydrogens (tertiary/aromatic N) is 1. The summed E-state index contributed by atoms with van der Waals surface area (Å²) in [6.07, 6.45) is 4.93. The molecule has 7 nitrogen and oxygen atoms in total. The quantitative estimate of drug-likeness (QED) is 0.418. The number of hydrogen-bond acceptors (Lipinski definition) is 6. The largest absolute Gasteiger partial charge is 0.456 e. The summed E-state index contributed by atoms with van der Waals surface area (Å²) in [5.41, 5.74) is 1.03. The third-order valence-electron chi connectivity index (χ3n) is 6.41. The van der Waals surface area contributed by atoms with Crippen LogP contribution in [-0.2, 0) is 28.6 Å². The van der Waals surface area contributed by atoms with E-state index in [2.05, 4.69) is 0 Å². The summed E-state index contributed by atoms with van der Waals surface area (Å²) in [5.74, 6) is -0.737. The number of carbonyl (C=O) groups excluding carboxylic acids is 3. The highest BCUT2D eigenvalue weighted by molar-refractivity contribution is 5.83. The highest BCUT2D eigenvalue weighted by Crippen LogP contribution is 2.38. The van der Waals surface area contributed by atoms with Crippen molar-refractivity contribution < 1.29 is 33.1 Å². The van der Waals surface area contributed by atoms with Gasteiger partial charge in [0, 0.05) is 13.5 Å². The van der Waals surface area contributed by atoms with Crippen molar-refractivity contribution in [3.05, 3.63) is 35.9 Å². The van der Waals surface area contributed by atoms with Gasteiger partial charge in [0.05, 0.1) is 19.5 Å². The van der Waals surface area contributed by atoms with E-state index in [1.165, 1.54) is 7.11 Å². The van der Waals surface area contributed by atoms with Crippen molar-refractivity contribution in [3.8, 4) is 0 Å². The first kappa shape index (κ1) is 23.4. The van der Waals surface area contributed by atoms with E-state index >= 15 is 0 Å². The van der Waals surface area contributed by atoms with Gasteiger partial charge in [0.1, 0.15) is 13.2 Å². The third kappa shape index (κ3) is 6.61. The average Bonchev–Trinajstić information content (AvgIpc) is 3.38. The second-order valence-electron chi connectivity index (χ2n) is 9.10. The van der Waals surface area contributed by atoms with E-state index in [1.54, 1.807) is 0 Å². The van der Waals surface area contributed by atoms with Crippen LogP contribution in [-0.4, -0.2) is 75.3 Å². The Kier molecular flexibility index (Phi) is 8.21. The molecule has 0 aromatic heterocycles. The van der Waals surface area contributed by atoms with Crippen LogP contribution in [0.3, 0.4) is 0 Å². The first-order valence-corrected chi connectivity index (χ1v) is 11.2. The second kappa shape index (κ2) is 10.9. The fraction of sp³-hybridized carbons (Fsp3) is 0.625. The highest BCUT2D eigenvalue weighted by Gasteiger charge is 2.41.